The highest BCUT2D eigenvalue weighted by Crippen LogP contribution is 2.47. The molecule has 35 heavy (non-hydrogen) atoms. The van der Waals surface area contributed by atoms with E-state index in [9.17, 15) is 19.1 Å². The number of aliphatic hydroxyl groups is 1. The number of para-hydroxylation sites is 2. The molecular formula is C25H26ClFN2O6. The van der Waals surface area contributed by atoms with Crippen molar-refractivity contribution in [3.05, 3.63) is 53.3 Å². The van der Waals surface area contributed by atoms with Gasteiger partial charge in [-0.25, -0.2) is 4.39 Å². The molecule has 2 amide bonds. The van der Waals surface area contributed by atoms with Crippen molar-refractivity contribution in [1.29, 1.82) is 0 Å². The lowest BCUT2D eigenvalue weighted by atomic mass is 9.60. The van der Waals surface area contributed by atoms with E-state index in [1.165, 1.54) is 12.1 Å². The summed E-state index contributed by atoms with van der Waals surface area (Å²) in [6.45, 7) is -0.201. The van der Waals surface area contributed by atoms with Gasteiger partial charge in [-0.2, -0.15) is 0 Å². The Morgan fingerprint density at radius 3 is 2.57 bits per heavy atom. The molecule has 3 N–H and O–H groups in total. The summed E-state index contributed by atoms with van der Waals surface area (Å²) in [4.78, 5) is 25.5. The lowest BCUT2D eigenvalue weighted by Gasteiger charge is -2.56. The number of carbonyl (C=O) groups excluding carboxylic acids is 2. The maximum atomic E-state index is 13.6. The minimum absolute atomic E-state index is 0.0259. The van der Waals surface area contributed by atoms with Gasteiger partial charge in [-0.15, -0.1) is 0 Å². The Morgan fingerprint density at radius 1 is 1.11 bits per heavy atom. The molecule has 0 saturated heterocycles. The molecule has 1 unspecified atom stereocenters. The Hall–Kier alpha value is -3.04. The third kappa shape index (κ3) is 4.75. The molecule has 2 aromatic rings. The molecule has 3 aliphatic carbocycles. The zero-order valence-electron chi connectivity index (χ0n) is 18.9. The molecule has 0 aromatic heterocycles. The fraction of sp³-hybridized carbons (Fsp3) is 0.440. The van der Waals surface area contributed by atoms with Crippen molar-refractivity contribution in [2.45, 2.75) is 55.4 Å². The number of hydrogen-bond acceptors (Lipinski definition) is 6. The summed E-state index contributed by atoms with van der Waals surface area (Å²) < 4.78 is 30.4. The van der Waals surface area contributed by atoms with Gasteiger partial charge in [0.05, 0.1) is 16.7 Å². The van der Waals surface area contributed by atoms with Crippen LogP contribution in [0.2, 0.25) is 5.02 Å². The van der Waals surface area contributed by atoms with Gasteiger partial charge in [-0.1, -0.05) is 23.7 Å². The number of halogens is 2. The summed E-state index contributed by atoms with van der Waals surface area (Å²) in [6.07, 6.45) is 0.861. The van der Waals surface area contributed by atoms with Crippen LogP contribution in [-0.4, -0.2) is 53.4 Å². The van der Waals surface area contributed by atoms with E-state index in [-0.39, 0.29) is 35.8 Å². The third-order valence-corrected chi connectivity index (χ3v) is 7.47. The number of rotatable bonds is 6. The highest BCUT2D eigenvalue weighted by molar-refractivity contribution is 6.30. The van der Waals surface area contributed by atoms with Crippen LogP contribution in [0.5, 0.6) is 17.2 Å². The van der Waals surface area contributed by atoms with Gasteiger partial charge in [-0.3, -0.25) is 9.59 Å². The molecule has 3 saturated carbocycles. The summed E-state index contributed by atoms with van der Waals surface area (Å²) in [5.74, 6) is -0.0212. The Balaban J connectivity index is 1.16. The first kappa shape index (κ1) is 23.7. The Labute approximate surface area is 206 Å². The van der Waals surface area contributed by atoms with E-state index in [0.717, 1.165) is 6.07 Å². The fourth-order valence-corrected chi connectivity index (χ4v) is 5.30. The van der Waals surface area contributed by atoms with Gasteiger partial charge in [0, 0.05) is 11.6 Å². The number of benzene rings is 2. The average Bonchev–Trinajstić information content (AvgIpc) is 2.85. The number of hydrogen-bond donors (Lipinski definition) is 3. The first-order chi connectivity index (χ1) is 16.8. The third-order valence-electron chi connectivity index (χ3n) is 7.16. The molecule has 4 aliphatic rings. The van der Waals surface area contributed by atoms with E-state index in [1.807, 2.05) is 6.07 Å². The van der Waals surface area contributed by atoms with Crippen LogP contribution in [0.3, 0.4) is 0 Å². The maximum Gasteiger partial charge on any atom is 0.265 e. The van der Waals surface area contributed by atoms with Crippen molar-refractivity contribution in [3.8, 4) is 17.2 Å². The van der Waals surface area contributed by atoms with E-state index in [0.29, 0.717) is 43.6 Å². The predicted molar refractivity (Wildman–Crippen MR) is 124 cm³/mol. The number of amides is 2. The van der Waals surface area contributed by atoms with Gasteiger partial charge >= 0.3 is 0 Å². The number of carbonyl (C=O) groups is 2. The molecule has 10 heteroatoms. The molecule has 1 heterocycles. The van der Waals surface area contributed by atoms with Gasteiger partial charge < -0.3 is 30.0 Å². The lowest BCUT2D eigenvalue weighted by molar-refractivity contribution is -0.141. The summed E-state index contributed by atoms with van der Waals surface area (Å²) in [5.41, 5.74) is -1.36. The standard InChI is InChI=1S/C25H26ClFN2O6/c26-16-6-5-15(11-17(16)27)33-14-22(31)28-24-7-9-25(10-8-24,21(30)12-24)29-23(32)20-13-34-18-3-1-2-4-19(18)35-20/h1-6,11,20-21,30H,7-10,12-14H2,(H,28,31)(H,29,32)/t20?,21-,24?,25?/m0/s1. The molecule has 8 nitrogen and oxygen atoms in total. The van der Waals surface area contributed by atoms with E-state index >= 15 is 0 Å². The second-order valence-electron chi connectivity index (χ2n) is 9.42. The number of aliphatic hydroxyl groups excluding tert-OH is 1. The maximum absolute atomic E-state index is 13.6. The quantitative estimate of drug-likeness (QED) is 0.558. The first-order valence-electron chi connectivity index (χ1n) is 11.6. The van der Waals surface area contributed by atoms with Gasteiger partial charge in [0.15, 0.2) is 18.1 Å². The van der Waals surface area contributed by atoms with Crippen LogP contribution in [0, 0.1) is 5.82 Å². The predicted octanol–water partition coefficient (Wildman–Crippen LogP) is 2.75. The van der Waals surface area contributed by atoms with Crippen LogP contribution < -0.4 is 24.8 Å². The second kappa shape index (κ2) is 9.20. The Bertz CT molecular complexity index is 1140. The number of ether oxygens (including phenoxy) is 3. The van der Waals surface area contributed by atoms with Crippen molar-refractivity contribution >= 4 is 23.4 Å². The second-order valence-corrected chi connectivity index (χ2v) is 9.83. The molecule has 2 bridgehead atoms. The summed E-state index contributed by atoms with van der Waals surface area (Å²) >= 11 is 5.66. The molecule has 3 fully saturated rings. The largest absolute Gasteiger partial charge is 0.485 e. The molecule has 2 atom stereocenters. The van der Waals surface area contributed by atoms with Crippen LogP contribution in [0.4, 0.5) is 4.39 Å². The molecule has 0 spiro atoms. The Kier molecular flexibility index (Phi) is 6.23. The molecule has 0 radical (unpaired) electrons. The van der Waals surface area contributed by atoms with E-state index in [2.05, 4.69) is 10.6 Å². The van der Waals surface area contributed by atoms with Crippen LogP contribution in [-0.2, 0) is 9.59 Å². The minimum atomic E-state index is -0.836. The van der Waals surface area contributed by atoms with Gasteiger partial charge in [0.25, 0.3) is 11.8 Å². The monoisotopic (exact) mass is 504 g/mol. The van der Waals surface area contributed by atoms with Crippen LogP contribution in [0.25, 0.3) is 0 Å². The van der Waals surface area contributed by atoms with E-state index in [4.69, 9.17) is 25.8 Å². The normalized spacial score (nSPS) is 28.8. The summed E-state index contributed by atoms with van der Waals surface area (Å²) in [6, 6.07) is 11.1. The smallest absolute Gasteiger partial charge is 0.265 e. The van der Waals surface area contributed by atoms with Gasteiger partial charge in [0.2, 0.25) is 6.10 Å². The lowest BCUT2D eigenvalue weighted by Crippen LogP contribution is -2.71. The Morgan fingerprint density at radius 2 is 1.86 bits per heavy atom. The van der Waals surface area contributed by atoms with E-state index in [1.54, 1.807) is 18.2 Å². The molecule has 186 valence electrons. The van der Waals surface area contributed by atoms with Crippen molar-refractivity contribution in [1.82, 2.24) is 10.6 Å². The first-order valence-corrected chi connectivity index (χ1v) is 11.9. The van der Waals surface area contributed by atoms with Crippen LogP contribution in [0.15, 0.2) is 42.5 Å². The molecule has 2 aromatic carbocycles. The summed E-state index contributed by atoms with van der Waals surface area (Å²) in [7, 11) is 0. The van der Waals surface area contributed by atoms with Crippen molar-refractivity contribution < 1.29 is 33.3 Å². The fourth-order valence-electron chi connectivity index (χ4n) is 5.18. The van der Waals surface area contributed by atoms with Crippen molar-refractivity contribution in [3.63, 3.8) is 0 Å². The van der Waals surface area contributed by atoms with Crippen LogP contribution in [0.1, 0.15) is 32.1 Å². The van der Waals surface area contributed by atoms with Gasteiger partial charge in [-0.05, 0) is 56.4 Å². The van der Waals surface area contributed by atoms with Crippen LogP contribution >= 0.6 is 11.6 Å². The highest BCUT2D eigenvalue weighted by atomic mass is 35.5. The molecule has 1 aliphatic heterocycles. The molecular weight excluding hydrogens is 479 g/mol. The van der Waals surface area contributed by atoms with Crippen molar-refractivity contribution in [2.75, 3.05) is 13.2 Å². The SMILES string of the molecule is O=C(COc1ccc(Cl)c(F)c1)NC12CCC(NC(=O)C3COc4ccccc4O3)(CC1)[C@@H](O)C2. The van der Waals surface area contributed by atoms with Crippen molar-refractivity contribution in [2.24, 2.45) is 0 Å². The zero-order valence-corrected chi connectivity index (χ0v) is 19.6. The topological polar surface area (TPSA) is 106 Å². The molecule has 6 rings (SSSR count). The minimum Gasteiger partial charge on any atom is -0.485 e. The number of fused-ring (bicyclic) bond motifs is 4. The summed E-state index contributed by atoms with van der Waals surface area (Å²) in [5, 5.41) is 17.0. The zero-order chi connectivity index (χ0) is 24.6. The average molecular weight is 505 g/mol. The highest BCUT2D eigenvalue weighted by Gasteiger charge is 2.55. The van der Waals surface area contributed by atoms with E-state index < -0.39 is 29.1 Å². The number of nitrogens with one attached hydrogen (secondary N) is 2. The van der Waals surface area contributed by atoms with Gasteiger partial charge in [0.1, 0.15) is 18.2 Å².